The molecule has 0 spiro atoms. The van der Waals surface area contributed by atoms with Crippen LogP contribution in [0.15, 0.2) is 11.6 Å². The molecule has 0 aliphatic carbocycles. The fourth-order valence-corrected chi connectivity index (χ4v) is 1.61. The SMILES string of the molecule is CC/C(=C/CN(CC)CCCN(C)C)C(=O)O. The lowest BCUT2D eigenvalue weighted by atomic mass is 10.2. The minimum atomic E-state index is -0.795. The first-order chi connectivity index (χ1) is 8.01. The summed E-state index contributed by atoms with van der Waals surface area (Å²) in [6.07, 6.45) is 3.54. The number of nitrogens with zero attached hydrogens (tertiary/aromatic N) is 2. The first-order valence-electron chi connectivity index (χ1n) is 6.30. The number of rotatable bonds is 9. The second-order valence-corrected chi connectivity index (χ2v) is 4.44. The summed E-state index contributed by atoms with van der Waals surface area (Å²) in [6, 6.07) is 0. The molecule has 100 valence electrons. The van der Waals surface area contributed by atoms with E-state index in [1.807, 2.05) is 13.0 Å². The van der Waals surface area contributed by atoms with Gasteiger partial charge in [-0.1, -0.05) is 19.9 Å². The third kappa shape index (κ3) is 7.94. The predicted octanol–water partition coefficient (Wildman–Crippen LogP) is 1.68. The molecule has 0 radical (unpaired) electrons. The summed E-state index contributed by atoms with van der Waals surface area (Å²) in [5, 5.41) is 8.91. The average molecular weight is 242 g/mol. The van der Waals surface area contributed by atoms with Gasteiger partial charge in [-0.05, 0) is 46.6 Å². The number of carboxylic acid groups (broad SMARTS) is 1. The van der Waals surface area contributed by atoms with Gasteiger partial charge in [0.05, 0.1) is 0 Å². The van der Waals surface area contributed by atoms with Crippen LogP contribution in [0.5, 0.6) is 0 Å². The Kier molecular flexibility index (Phi) is 8.72. The van der Waals surface area contributed by atoms with E-state index in [0.717, 1.165) is 32.6 Å². The second kappa shape index (κ2) is 9.19. The van der Waals surface area contributed by atoms with Crippen molar-refractivity contribution >= 4 is 5.97 Å². The Morgan fingerprint density at radius 1 is 1.24 bits per heavy atom. The first kappa shape index (κ1) is 16.1. The summed E-state index contributed by atoms with van der Waals surface area (Å²) in [5.74, 6) is -0.795. The van der Waals surface area contributed by atoms with Gasteiger partial charge in [-0.15, -0.1) is 0 Å². The molecule has 17 heavy (non-hydrogen) atoms. The van der Waals surface area contributed by atoms with Crippen molar-refractivity contribution in [3.8, 4) is 0 Å². The van der Waals surface area contributed by atoms with Crippen molar-refractivity contribution < 1.29 is 9.90 Å². The van der Waals surface area contributed by atoms with Gasteiger partial charge in [-0.25, -0.2) is 4.79 Å². The van der Waals surface area contributed by atoms with Crippen molar-refractivity contribution in [1.82, 2.24) is 9.80 Å². The van der Waals surface area contributed by atoms with Crippen LogP contribution in [0.2, 0.25) is 0 Å². The summed E-state index contributed by atoms with van der Waals surface area (Å²) in [5.41, 5.74) is 0.510. The highest BCUT2D eigenvalue weighted by Gasteiger charge is 2.05. The zero-order valence-electron chi connectivity index (χ0n) is 11.6. The van der Waals surface area contributed by atoms with Crippen LogP contribution in [0, 0.1) is 0 Å². The van der Waals surface area contributed by atoms with E-state index in [0.29, 0.717) is 12.0 Å². The maximum atomic E-state index is 10.8. The average Bonchev–Trinajstić information content (AvgIpc) is 2.26. The van der Waals surface area contributed by atoms with Gasteiger partial charge in [0.15, 0.2) is 0 Å². The molecule has 0 aromatic rings. The zero-order chi connectivity index (χ0) is 13.3. The van der Waals surface area contributed by atoms with Gasteiger partial charge in [0.1, 0.15) is 0 Å². The molecule has 0 saturated carbocycles. The smallest absolute Gasteiger partial charge is 0.331 e. The Labute approximate surface area is 105 Å². The van der Waals surface area contributed by atoms with Crippen molar-refractivity contribution in [2.75, 3.05) is 40.3 Å². The summed E-state index contributed by atoms with van der Waals surface area (Å²) in [4.78, 5) is 15.3. The van der Waals surface area contributed by atoms with Gasteiger partial charge >= 0.3 is 5.97 Å². The molecule has 1 N–H and O–H groups in total. The van der Waals surface area contributed by atoms with Crippen molar-refractivity contribution in [2.45, 2.75) is 26.7 Å². The molecule has 0 rings (SSSR count). The van der Waals surface area contributed by atoms with Crippen LogP contribution in [0.3, 0.4) is 0 Å². The highest BCUT2D eigenvalue weighted by Crippen LogP contribution is 2.02. The van der Waals surface area contributed by atoms with Crippen LogP contribution >= 0.6 is 0 Å². The molecule has 0 bridgehead atoms. The Hall–Kier alpha value is -0.870. The van der Waals surface area contributed by atoms with Crippen LogP contribution in [0.4, 0.5) is 0 Å². The largest absolute Gasteiger partial charge is 0.478 e. The number of aliphatic carboxylic acids is 1. The van der Waals surface area contributed by atoms with E-state index >= 15 is 0 Å². The summed E-state index contributed by atoms with van der Waals surface area (Å²) in [7, 11) is 4.13. The maximum absolute atomic E-state index is 10.8. The summed E-state index contributed by atoms with van der Waals surface area (Å²) in [6.45, 7) is 7.76. The summed E-state index contributed by atoms with van der Waals surface area (Å²) >= 11 is 0. The van der Waals surface area contributed by atoms with Gasteiger partial charge in [0.2, 0.25) is 0 Å². The molecule has 0 aromatic heterocycles. The number of hydrogen-bond donors (Lipinski definition) is 1. The Morgan fingerprint density at radius 2 is 1.88 bits per heavy atom. The molecule has 4 heteroatoms. The van der Waals surface area contributed by atoms with E-state index < -0.39 is 5.97 Å². The van der Waals surface area contributed by atoms with E-state index in [1.165, 1.54) is 0 Å². The summed E-state index contributed by atoms with van der Waals surface area (Å²) < 4.78 is 0. The van der Waals surface area contributed by atoms with Gasteiger partial charge in [-0.3, -0.25) is 4.90 Å². The van der Waals surface area contributed by atoms with Gasteiger partial charge in [0.25, 0.3) is 0 Å². The third-order valence-corrected chi connectivity index (χ3v) is 2.78. The van der Waals surface area contributed by atoms with Crippen LogP contribution in [0.1, 0.15) is 26.7 Å². The van der Waals surface area contributed by atoms with Crippen molar-refractivity contribution in [3.05, 3.63) is 11.6 Å². The molecule has 0 fully saturated rings. The van der Waals surface area contributed by atoms with Gasteiger partial charge < -0.3 is 10.0 Å². The zero-order valence-corrected chi connectivity index (χ0v) is 11.6. The molecule has 0 unspecified atom stereocenters. The lowest BCUT2D eigenvalue weighted by Crippen LogP contribution is -2.27. The van der Waals surface area contributed by atoms with E-state index in [4.69, 9.17) is 5.11 Å². The normalized spacial score (nSPS) is 12.5. The third-order valence-electron chi connectivity index (χ3n) is 2.78. The number of likely N-dealkylation sites (N-methyl/N-ethyl adjacent to an activating group) is 1. The monoisotopic (exact) mass is 242 g/mol. The molecule has 0 atom stereocenters. The van der Waals surface area contributed by atoms with E-state index in [-0.39, 0.29) is 0 Å². The molecule has 0 saturated heterocycles. The number of hydrogen-bond acceptors (Lipinski definition) is 3. The predicted molar refractivity (Wildman–Crippen MR) is 71.3 cm³/mol. The fraction of sp³-hybridized carbons (Fsp3) is 0.769. The molecule has 0 aromatic carbocycles. The Bertz CT molecular complexity index is 250. The molecule has 4 nitrogen and oxygen atoms in total. The fourth-order valence-electron chi connectivity index (χ4n) is 1.61. The second-order valence-electron chi connectivity index (χ2n) is 4.44. The molecular weight excluding hydrogens is 216 g/mol. The quantitative estimate of drug-likeness (QED) is 0.625. The van der Waals surface area contributed by atoms with Gasteiger partial charge in [-0.2, -0.15) is 0 Å². The highest BCUT2D eigenvalue weighted by molar-refractivity contribution is 5.86. The Balaban J connectivity index is 4.07. The van der Waals surface area contributed by atoms with Crippen LogP contribution in [-0.2, 0) is 4.79 Å². The van der Waals surface area contributed by atoms with Crippen LogP contribution in [0.25, 0.3) is 0 Å². The molecule has 0 aliphatic rings. The number of carbonyl (C=O) groups is 1. The highest BCUT2D eigenvalue weighted by atomic mass is 16.4. The van der Waals surface area contributed by atoms with Crippen molar-refractivity contribution in [1.29, 1.82) is 0 Å². The van der Waals surface area contributed by atoms with Crippen molar-refractivity contribution in [2.24, 2.45) is 0 Å². The van der Waals surface area contributed by atoms with Crippen molar-refractivity contribution in [3.63, 3.8) is 0 Å². The lowest BCUT2D eigenvalue weighted by Gasteiger charge is -2.20. The molecular formula is C13H26N2O2. The molecule has 0 aliphatic heterocycles. The van der Waals surface area contributed by atoms with Crippen LogP contribution < -0.4 is 0 Å². The first-order valence-corrected chi connectivity index (χ1v) is 6.30. The van der Waals surface area contributed by atoms with E-state index in [9.17, 15) is 4.79 Å². The maximum Gasteiger partial charge on any atom is 0.331 e. The minimum Gasteiger partial charge on any atom is -0.478 e. The van der Waals surface area contributed by atoms with E-state index in [2.05, 4.69) is 30.8 Å². The molecule has 0 amide bonds. The topological polar surface area (TPSA) is 43.8 Å². The Morgan fingerprint density at radius 3 is 2.29 bits per heavy atom. The van der Waals surface area contributed by atoms with Gasteiger partial charge in [0, 0.05) is 12.1 Å². The lowest BCUT2D eigenvalue weighted by molar-refractivity contribution is -0.132. The minimum absolute atomic E-state index is 0.510. The molecule has 0 heterocycles. The standard InChI is InChI=1S/C13H26N2O2/c1-5-12(13(16)17)8-11-15(6-2)10-7-9-14(3)4/h8H,5-7,9-11H2,1-4H3,(H,16,17)/b12-8-. The van der Waals surface area contributed by atoms with E-state index in [1.54, 1.807) is 0 Å². The van der Waals surface area contributed by atoms with Crippen LogP contribution in [-0.4, -0.2) is 61.2 Å². The number of carboxylic acids is 1.